The zero-order chi connectivity index (χ0) is 15.5. The van der Waals surface area contributed by atoms with E-state index >= 15 is 0 Å². The normalized spacial score (nSPS) is 17.2. The predicted molar refractivity (Wildman–Crippen MR) is 87.1 cm³/mol. The number of carbonyl (C=O) groups is 2. The van der Waals surface area contributed by atoms with Gasteiger partial charge in [0.1, 0.15) is 0 Å². The second-order valence-corrected chi connectivity index (χ2v) is 5.28. The van der Waals surface area contributed by atoms with E-state index in [-0.39, 0.29) is 24.4 Å². The Labute approximate surface area is 128 Å². The van der Waals surface area contributed by atoms with Crippen LogP contribution in [0.5, 0.6) is 0 Å². The minimum Gasteiger partial charge on any atom is -0.324 e. The summed E-state index contributed by atoms with van der Waals surface area (Å²) < 4.78 is 0. The molecule has 1 aliphatic heterocycles. The number of urea groups is 1. The first-order valence-electron chi connectivity index (χ1n) is 7.19. The van der Waals surface area contributed by atoms with Gasteiger partial charge in [0.05, 0.1) is 11.4 Å². The first-order chi connectivity index (χ1) is 10.6. The van der Waals surface area contributed by atoms with Crippen LogP contribution in [0.1, 0.15) is 13.3 Å². The summed E-state index contributed by atoms with van der Waals surface area (Å²) in [6, 6.07) is 16.1. The molecule has 1 atom stereocenters. The Morgan fingerprint density at radius 1 is 1.14 bits per heavy atom. The third-order valence-corrected chi connectivity index (χ3v) is 3.60. The van der Waals surface area contributed by atoms with Crippen molar-refractivity contribution in [3.63, 3.8) is 0 Å². The summed E-state index contributed by atoms with van der Waals surface area (Å²) in [5, 5.41) is 5.71. The van der Waals surface area contributed by atoms with Crippen molar-refractivity contribution in [2.24, 2.45) is 0 Å². The lowest BCUT2D eigenvalue weighted by atomic mass is 10.2. The number of hydrogen-bond acceptors (Lipinski definition) is 2. The lowest BCUT2D eigenvalue weighted by Crippen LogP contribution is -2.41. The molecule has 0 unspecified atom stereocenters. The number of anilines is 3. The zero-order valence-corrected chi connectivity index (χ0v) is 12.2. The highest BCUT2D eigenvalue weighted by Gasteiger charge is 2.29. The second-order valence-electron chi connectivity index (χ2n) is 5.28. The largest absolute Gasteiger partial charge is 0.326 e. The Kier molecular flexibility index (Phi) is 3.78. The average Bonchev–Trinajstić information content (AvgIpc) is 2.62. The third kappa shape index (κ3) is 2.79. The molecule has 0 aromatic heterocycles. The van der Waals surface area contributed by atoms with E-state index in [2.05, 4.69) is 10.6 Å². The number of rotatable bonds is 1. The highest BCUT2D eigenvalue weighted by Crippen LogP contribution is 2.31. The second kappa shape index (κ2) is 5.89. The number of amides is 3. The van der Waals surface area contributed by atoms with Crippen LogP contribution in [0, 0.1) is 0 Å². The molecule has 3 amide bonds. The van der Waals surface area contributed by atoms with Crippen LogP contribution in [0.3, 0.4) is 0 Å². The molecule has 0 radical (unpaired) electrons. The maximum atomic E-state index is 12.7. The molecule has 112 valence electrons. The van der Waals surface area contributed by atoms with Gasteiger partial charge in [-0.05, 0) is 31.2 Å². The summed E-state index contributed by atoms with van der Waals surface area (Å²) in [5.74, 6) is -0.0880. The molecule has 5 heteroatoms. The van der Waals surface area contributed by atoms with Gasteiger partial charge in [-0.1, -0.05) is 30.3 Å². The summed E-state index contributed by atoms with van der Waals surface area (Å²) in [7, 11) is 0. The molecule has 2 aromatic carbocycles. The molecule has 1 aliphatic rings. The molecule has 0 saturated heterocycles. The molecule has 5 nitrogen and oxygen atoms in total. The summed E-state index contributed by atoms with van der Waals surface area (Å²) in [6.07, 6.45) is 0.261. The first-order valence-corrected chi connectivity index (χ1v) is 7.19. The van der Waals surface area contributed by atoms with Crippen molar-refractivity contribution in [2.75, 3.05) is 15.5 Å². The summed E-state index contributed by atoms with van der Waals surface area (Å²) in [6.45, 7) is 1.87. The van der Waals surface area contributed by atoms with E-state index < -0.39 is 0 Å². The standard InChI is InChI=1S/C17H17N3O2/c1-12-11-16(21)19-14-9-5-6-10-15(14)20(12)17(22)18-13-7-3-2-4-8-13/h2-10,12H,11H2,1H3,(H,18,22)(H,19,21)/t12-/m0/s1. The Balaban J connectivity index is 1.94. The summed E-state index contributed by atoms with van der Waals surface area (Å²) in [4.78, 5) is 26.2. The van der Waals surface area contributed by atoms with Crippen molar-refractivity contribution in [1.29, 1.82) is 0 Å². The predicted octanol–water partition coefficient (Wildman–Crippen LogP) is 3.46. The van der Waals surface area contributed by atoms with Crippen molar-refractivity contribution >= 4 is 29.0 Å². The van der Waals surface area contributed by atoms with Crippen molar-refractivity contribution in [2.45, 2.75) is 19.4 Å². The van der Waals surface area contributed by atoms with E-state index in [1.807, 2.05) is 55.5 Å². The van der Waals surface area contributed by atoms with Gasteiger partial charge in [0.2, 0.25) is 5.91 Å². The maximum absolute atomic E-state index is 12.7. The zero-order valence-electron chi connectivity index (χ0n) is 12.2. The molecule has 0 fully saturated rings. The topological polar surface area (TPSA) is 61.4 Å². The molecular formula is C17H17N3O2. The van der Waals surface area contributed by atoms with Gasteiger partial charge >= 0.3 is 6.03 Å². The highest BCUT2D eigenvalue weighted by molar-refractivity contribution is 6.08. The van der Waals surface area contributed by atoms with Crippen LogP contribution in [0.15, 0.2) is 54.6 Å². The molecule has 2 N–H and O–H groups in total. The van der Waals surface area contributed by atoms with E-state index in [4.69, 9.17) is 0 Å². The highest BCUT2D eigenvalue weighted by atomic mass is 16.2. The SMILES string of the molecule is C[C@H]1CC(=O)Nc2ccccc2N1C(=O)Nc1ccccc1. The van der Waals surface area contributed by atoms with E-state index in [0.29, 0.717) is 11.4 Å². The summed E-state index contributed by atoms with van der Waals surface area (Å²) in [5.41, 5.74) is 2.08. The number of nitrogens with zero attached hydrogens (tertiary/aromatic N) is 1. The van der Waals surface area contributed by atoms with Crippen LogP contribution >= 0.6 is 0 Å². The molecular weight excluding hydrogens is 278 g/mol. The van der Waals surface area contributed by atoms with Gasteiger partial charge in [0.15, 0.2) is 0 Å². The molecule has 0 spiro atoms. The Morgan fingerprint density at radius 2 is 1.82 bits per heavy atom. The van der Waals surface area contributed by atoms with Gasteiger partial charge in [-0.3, -0.25) is 9.69 Å². The summed E-state index contributed by atoms with van der Waals surface area (Å²) >= 11 is 0. The lowest BCUT2D eigenvalue weighted by molar-refractivity contribution is -0.116. The Bertz CT molecular complexity index is 700. The maximum Gasteiger partial charge on any atom is 0.326 e. The molecule has 0 aliphatic carbocycles. The van der Waals surface area contributed by atoms with E-state index in [1.165, 1.54) is 0 Å². The number of hydrogen-bond donors (Lipinski definition) is 2. The third-order valence-electron chi connectivity index (χ3n) is 3.60. The monoisotopic (exact) mass is 295 g/mol. The molecule has 0 bridgehead atoms. The van der Waals surface area contributed by atoms with E-state index in [0.717, 1.165) is 5.69 Å². The van der Waals surface area contributed by atoms with Gasteiger partial charge < -0.3 is 10.6 Å². The molecule has 22 heavy (non-hydrogen) atoms. The Morgan fingerprint density at radius 3 is 2.59 bits per heavy atom. The fraction of sp³-hybridized carbons (Fsp3) is 0.176. The van der Waals surface area contributed by atoms with Crippen molar-refractivity contribution in [3.05, 3.63) is 54.6 Å². The number of nitrogens with one attached hydrogen (secondary N) is 2. The number of para-hydroxylation sites is 3. The van der Waals surface area contributed by atoms with Crippen LogP contribution in [-0.2, 0) is 4.79 Å². The van der Waals surface area contributed by atoms with Crippen molar-refractivity contribution in [1.82, 2.24) is 0 Å². The quantitative estimate of drug-likeness (QED) is 0.846. The van der Waals surface area contributed by atoms with Gasteiger partial charge in [0.25, 0.3) is 0 Å². The van der Waals surface area contributed by atoms with E-state index in [1.54, 1.807) is 11.0 Å². The van der Waals surface area contributed by atoms with Crippen LogP contribution < -0.4 is 15.5 Å². The van der Waals surface area contributed by atoms with E-state index in [9.17, 15) is 9.59 Å². The fourth-order valence-corrected chi connectivity index (χ4v) is 2.60. The van der Waals surface area contributed by atoms with Gasteiger partial charge in [-0.25, -0.2) is 4.79 Å². The number of benzene rings is 2. The van der Waals surface area contributed by atoms with Gasteiger partial charge in [-0.15, -0.1) is 0 Å². The number of fused-ring (bicyclic) bond motifs is 1. The minimum atomic E-state index is -0.248. The van der Waals surface area contributed by atoms with Crippen molar-refractivity contribution in [3.8, 4) is 0 Å². The molecule has 1 heterocycles. The minimum absolute atomic E-state index is 0.0880. The van der Waals surface area contributed by atoms with Crippen LogP contribution in [-0.4, -0.2) is 18.0 Å². The molecule has 3 rings (SSSR count). The van der Waals surface area contributed by atoms with Gasteiger partial charge in [-0.2, -0.15) is 0 Å². The van der Waals surface area contributed by atoms with Gasteiger partial charge in [0, 0.05) is 18.2 Å². The average molecular weight is 295 g/mol. The lowest BCUT2D eigenvalue weighted by Gasteiger charge is -2.27. The van der Waals surface area contributed by atoms with Crippen LogP contribution in [0.2, 0.25) is 0 Å². The molecule has 0 saturated carbocycles. The van der Waals surface area contributed by atoms with Crippen LogP contribution in [0.4, 0.5) is 21.9 Å². The fourth-order valence-electron chi connectivity index (χ4n) is 2.60. The number of carbonyl (C=O) groups excluding carboxylic acids is 2. The first kappa shape index (κ1) is 14.1. The van der Waals surface area contributed by atoms with Crippen LogP contribution in [0.25, 0.3) is 0 Å². The Hall–Kier alpha value is -2.82. The molecule has 2 aromatic rings. The van der Waals surface area contributed by atoms with Crippen molar-refractivity contribution < 1.29 is 9.59 Å². The smallest absolute Gasteiger partial charge is 0.324 e.